The van der Waals surface area contributed by atoms with Gasteiger partial charge in [0.2, 0.25) is 0 Å². The monoisotopic (exact) mass is 277 g/mol. The van der Waals surface area contributed by atoms with Crippen molar-refractivity contribution in [2.45, 2.75) is 19.0 Å². The van der Waals surface area contributed by atoms with Gasteiger partial charge in [-0.3, -0.25) is 26.1 Å². The number of hydrogen-bond donors (Lipinski definition) is 2. The van der Waals surface area contributed by atoms with Crippen LogP contribution < -0.4 is 16.0 Å². The summed E-state index contributed by atoms with van der Waals surface area (Å²) in [5, 5.41) is 0. The Morgan fingerprint density at radius 2 is 2.20 bits per heavy atom. The minimum atomic E-state index is 0.0889. The van der Waals surface area contributed by atoms with Crippen molar-refractivity contribution in [3.63, 3.8) is 0 Å². The molecule has 6 heteroatoms. The highest BCUT2D eigenvalue weighted by atomic mass is 16.5. The quantitative estimate of drug-likeness (QED) is 0.583. The van der Waals surface area contributed by atoms with E-state index in [9.17, 15) is 0 Å². The number of fused-ring (bicyclic) bond motifs is 3. The first-order valence-corrected chi connectivity index (χ1v) is 7.32. The van der Waals surface area contributed by atoms with Crippen LogP contribution in [0.15, 0.2) is 18.5 Å². The Labute approximate surface area is 119 Å². The Hall–Kier alpha value is -1.21. The van der Waals surface area contributed by atoms with Gasteiger partial charge < -0.3 is 4.74 Å². The fourth-order valence-corrected chi connectivity index (χ4v) is 3.25. The second-order valence-electron chi connectivity index (χ2n) is 5.44. The molecule has 3 saturated heterocycles. The van der Waals surface area contributed by atoms with Crippen LogP contribution in [0, 0.1) is 0 Å². The van der Waals surface area contributed by atoms with E-state index in [0.29, 0.717) is 12.6 Å². The largest absolute Gasteiger partial charge is 0.492 e. The summed E-state index contributed by atoms with van der Waals surface area (Å²) in [6.07, 6.45) is 3.63. The highest BCUT2D eigenvalue weighted by Gasteiger charge is 2.37. The molecule has 1 aromatic rings. The maximum Gasteiger partial charge on any atom is 0.137 e. The van der Waals surface area contributed by atoms with Crippen LogP contribution in [-0.2, 0) is 0 Å². The van der Waals surface area contributed by atoms with E-state index < -0.39 is 0 Å². The van der Waals surface area contributed by atoms with Gasteiger partial charge in [0.05, 0.1) is 18.8 Å². The number of pyridine rings is 1. The Morgan fingerprint density at radius 1 is 1.40 bits per heavy atom. The average molecular weight is 277 g/mol. The summed E-state index contributed by atoms with van der Waals surface area (Å²) in [6, 6.07) is 2.53. The maximum absolute atomic E-state index is 5.83. The molecule has 0 aromatic carbocycles. The summed E-state index contributed by atoms with van der Waals surface area (Å²) in [7, 11) is 0. The van der Waals surface area contributed by atoms with Crippen LogP contribution in [0.4, 0.5) is 0 Å². The van der Waals surface area contributed by atoms with Crippen molar-refractivity contribution >= 4 is 0 Å². The molecule has 3 N–H and O–H groups in total. The van der Waals surface area contributed by atoms with Gasteiger partial charge in [-0.05, 0) is 18.6 Å². The topological polar surface area (TPSA) is 66.7 Å². The van der Waals surface area contributed by atoms with Gasteiger partial charge in [0.1, 0.15) is 5.75 Å². The molecule has 0 saturated carbocycles. The Balaban J connectivity index is 1.80. The molecule has 3 aliphatic rings. The lowest BCUT2D eigenvalue weighted by Crippen LogP contribution is -2.64. The molecule has 2 atom stereocenters. The predicted molar refractivity (Wildman–Crippen MR) is 77.3 cm³/mol. The number of nitrogens with one attached hydrogen (secondary N) is 1. The van der Waals surface area contributed by atoms with Crippen molar-refractivity contribution in [1.29, 1.82) is 0 Å². The molecule has 6 nitrogen and oxygen atoms in total. The third-order valence-corrected chi connectivity index (χ3v) is 4.29. The van der Waals surface area contributed by atoms with E-state index in [1.54, 1.807) is 6.20 Å². The summed E-state index contributed by atoms with van der Waals surface area (Å²) < 4.78 is 5.54. The molecule has 2 bridgehead atoms. The van der Waals surface area contributed by atoms with E-state index in [2.05, 4.69) is 20.2 Å². The molecular weight excluding hydrogens is 254 g/mol. The van der Waals surface area contributed by atoms with Crippen LogP contribution in [0.25, 0.3) is 0 Å². The number of aromatic nitrogens is 1. The number of piperazine rings is 3. The zero-order chi connectivity index (χ0) is 13.9. The molecule has 3 fully saturated rings. The van der Waals surface area contributed by atoms with Crippen LogP contribution >= 0.6 is 0 Å². The molecular formula is C14H23N5O. The van der Waals surface area contributed by atoms with Crippen LogP contribution in [0.3, 0.4) is 0 Å². The van der Waals surface area contributed by atoms with Crippen LogP contribution in [-0.4, -0.2) is 60.2 Å². The lowest BCUT2D eigenvalue weighted by molar-refractivity contribution is -0.00377. The summed E-state index contributed by atoms with van der Waals surface area (Å²) >= 11 is 0. The lowest BCUT2D eigenvalue weighted by atomic mass is 9.95. The summed E-state index contributed by atoms with van der Waals surface area (Å²) in [4.78, 5) is 9.31. The molecule has 0 spiro atoms. The number of nitrogens with two attached hydrogens (primary N) is 1. The molecule has 3 aliphatic heterocycles. The zero-order valence-electron chi connectivity index (χ0n) is 12.0. The highest BCUT2D eigenvalue weighted by Crippen LogP contribution is 2.28. The van der Waals surface area contributed by atoms with Crippen LogP contribution in [0.1, 0.15) is 18.5 Å². The number of rotatable bonds is 5. The molecule has 20 heavy (non-hydrogen) atoms. The molecule has 0 radical (unpaired) electrons. The first-order chi connectivity index (χ1) is 9.81. The minimum absolute atomic E-state index is 0.0889. The van der Waals surface area contributed by atoms with Crippen molar-refractivity contribution in [2.24, 2.45) is 5.84 Å². The van der Waals surface area contributed by atoms with Gasteiger partial charge >= 0.3 is 0 Å². The smallest absolute Gasteiger partial charge is 0.137 e. The molecule has 1 aromatic heterocycles. The first kappa shape index (κ1) is 13.8. The van der Waals surface area contributed by atoms with Gasteiger partial charge in [-0.1, -0.05) is 0 Å². The second-order valence-corrected chi connectivity index (χ2v) is 5.44. The summed E-state index contributed by atoms with van der Waals surface area (Å²) in [6.45, 7) is 8.28. The molecule has 4 heterocycles. The molecule has 0 aliphatic carbocycles. The van der Waals surface area contributed by atoms with E-state index in [1.807, 2.05) is 19.2 Å². The van der Waals surface area contributed by atoms with E-state index in [-0.39, 0.29) is 6.04 Å². The molecule has 0 amide bonds. The molecule has 2 unspecified atom stereocenters. The second kappa shape index (κ2) is 6.05. The lowest BCUT2D eigenvalue weighted by Gasteiger charge is -2.50. The van der Waals surface area contributed by atoms with E-state index in [4.69, 9.17) is 10.6 Å². The fraction of sp³-hybridized carbons (Fsp3) is 0.643. The average Bonchev–Trinajstić information content (AvgIpc) is 2.50. The normalized spacial score (nSPS) is 30.2. The summed E-state index contributed by atoms with van der Waals surface area (Å²) in [5.41, 5.74) is 4.07. The SMILES string of the molecule is CCOc1cncc(C(NN)C2CN3CCN2CC3)c1. The van der Waals surface area contributed by atoms with Crippen molar-refractivity contribution in [2.75, 3.05) is 39.3 Å². The van der Waals surface area contributed by atoms with Crippen LogP contribution in [0.2, 0.25) is 0 Å². The van der Waals surface area contributed by atoms with Crippen molar-refractivity contribution in [3.8, 4) is 5.75 Å². The van der Waals surface area contributed by atoms with Gasteiger partial charge in [-0.15, -0.1) is 0 Å². The first-order valence-electron chi connectivity index (χ1n) is 7.32. The van der Waals surface area contributed by atoms with Gasteiger partial charge in [0.15, 0.2) is 0 Å². The van der Waals surface area contributed by atoms with Gasteiger partial charge in [0.25, 0.3) is 0 Å². The van der Waals surface area contributed by atoms with Gasteiger partial charge in [-0.25, -0.2) is 0 Å². The fourth-order valence-electron chi connectivity index (χ4n) is 3.25. The zero-order valence-corrected chi connectivity index (χ0v) is 12.0. The van der Waals surface area contributed by atoms with E-state index in [1.165, 1.54) is 13.1 Å². The maximum atomic E-state index is 5.83. The van der Waals surface area contributed by atoms with Gasteiger partial charge in [-0.2, -0.15) is 0 Å². The third-order valence-electron chi connectivity index (χ3n) is 4.29. The molecule has 110 valence electrons. The Morgan fingerprint density at radius 3 is 2.80 bits per heavy atom. The highest BCUT2D eigenvalue weighted by molar-refractivity contribution is 5.27. The number of nitrogens with zero attached hydrogens (tertiary/aromatic N) is 3. The number of ether oxygens (including phenoxy) is 1. The standard InChI is InChI=1S/C14H23N5O/c1-2-20-12-7-11(8-16-9-12)14(17-15)13-10-18-3-5-19(13)6-4-18/h7-9,13-14,17H,2-6,10,15H2,1H3. The minimum Gasteiger partial charge on any atom is -0.492 e. The molecule has 4 rings (SSSR count). The van der Waals surface area contributed by atoms with E-state index >= 15 is 0 Å². The number of hydrogen-bond acceptors (Lipinski definition) is 6. The van der Waals surface area contributed by atoms with E-state index in [0.717, 1.165) is 30.9 Å². The van der Waals surface area contributed by atoms with Crippen molar-refractivity contribution in [3.05, 3.63) is 24.0 Å². The Bertz CT molecular complexity index is 447. The number of hydrazine groups is 1. The third kappa shape index (κ3) is 2.64. The van der Waals surface area contributed by atoms with Crippen molar-refractivity contribution < 1.29 is 4.74 Å². The predicted octanol–water partition coefficient (Wildman–Crippen LogP) is -0.0155. The van der Waals surface area contributed by atoms with Crippen molar-refractivity contribution in [1.82, 2.24) is 20.2 Å². The summed E-state index contributed by atoms with van der Waals surface area (Å²) in [5.74, 6) is 6.63. The van der Waals surface area contributed by atoms with Gasteiger partial charge in [0, 0.05) is 45.0 Å². The Kier molecular flexibility index (Phi) is 4.16. The van der Waals surface area contributed by atoms with Crippen LogP contribution in [0.5, 0.6) is 5.75 Å².